The number of hydrogen-bond acceptors (Lipinski definition) is 2. The molecule has 1 fully saturated rings. The molecule has 1 aliphatic heterocycles. The highest BCUT2D eigenvalue weighted by Crippen LogP contribution is 2.24. The maximum Gasteiger partial charge on any atom is 0.227 e. The van der Waals surface area contributed by atoms with Gasteiger partial charge in [0, 0.05) is 18.5 Å². The van der Waals surface area contributed by atoms with Gasteiger partial charge in [0.2, 0.25) is 11.8 Å². The molecule has 0 aromatic heterocycles. The van der Waals surface area contributed by atoms with Gasteiger partial charge in [-0.25, -0.2) is 0 Å². The fourth-order valence-corrected chi connectivity index (χ4v) is 3.01. The van der Waals surface area contributed by atoms with Crippen molar-refractivity contribution in [2.75, 3.05) is 13.1 Å². The van der Waals surface area contributed by atoms with E-state index >= 15 is 0 Å². The molecule has 4 nitrogen and oxygen atoms in total. The molecule has 2 rings (SSSR count). The Bertz CT molecular complexity index is 548. The van der Waals surface area contributed by atoms with Gasteiger partial charge in [0.1, 0.15) is 0 Å². The summed E-state index contributed by atoms with van der Waals surface area (Å²) in [5.41, 5.74) is 0.703. The van der Waals surface area contributed by atoms with Crippen molar-refractivity contribution in [1.29, 1.82) is 0 Å². The second kappa shape index (κ2) is 7.16. The first kappa shape index (κ1) is 17.5. The fourth-order valence-electron chi connectivity index (χ4n) is 3.01. The molecular weight excluding hydrogens is 288 g/mol. The molecule has 23 heavy (non-hydrogen) atoms. The van der Waals surface area contributed by atoms with Crippen LogP contribution in [0.1, 0.15) is 52.1 Å². The summed E-state index contributed by atoms with van der Waals surface area (Å²) in [6.45, 7) is 9.06. The lowest BCUT2D eigenvalue weighted by Gasteiger charge is -2.36. The summed E-state index contributed by atoms with van der Waals surface area (Å²) in [6, 6.07) is 9.93. The number of hydrogen-bond donors (Lipinski definition) is 1. The minimum Gasteiger partial charge on any atom is -0.349 e. The van der Waals surface area contributed by atoms with Crippen LogP contribution >= 0.6 is 0 Å². The first-order valence-electron chi connectivity index (χ1n) is 8.43. The minimum absolute atomic E-state index is 0.0163. The Hall–Kier alpha value is -1.84. The Morgan fingerprint density at radius 3 is 2.48 bits per heavy atom. The van der Waals surface area contributed by atoms with Gasteiger partial charge in [-0.05, 0) is 25.3 Å². The van der Waals surface area contributed by atoms with Gasteiger partial charge in [0.05, 0.1) is 12.0 Å². The molecule has 0 spiro atoms. The monoisotopic (exact) mass is 316 g/mol. The van der Waals surface area contributed by atoms with Crippen molar-refractivity contribution in [3.8, 4) is 0 Å². The van der Waals surface area contributed by atoms with E-state index in [1.807, 2.05) is 62.9 Å². The van der Waals surface area contributed by atoms with E-state index in [1.54, 1.807) is 0 Å². The van der Waals surface area contributed by atoms with E-state index in [4.69, 9.17) is 0 Å². The van der Waals surface area contributed by atoms with E-state index < -0.39 is 5.41 Å². The molecule has 1 heterocycles. The molecule has 0 aliphatic carbocycles. The molecule has 1 saturated heterocycles. The van der Waals surface area contributed by atoms with Crippen LogP contribution in [0.3, 0.4) is 0 Å². The molecule has 1 N–H and O–H groups in total. The first-order valence-corrected chi connectivity index (χ1v) is 8.43. The number of amides is 2. The zero-order chi connectivity index (χ0) is 17.0. The van der Waals surface area contributed by atoms with Crippen LogP contribution in [-0.2, 0) is 9.59 Å². The van der Waals surface area contributed by atoms with Gasteiger partial charge < -0.3 is 10.2 Å². The Kier molecular flexibility index (Phi) is 5.45. The predicted octanol–water partition coefficient (Wildman–Crippen LogP) is 3.15. The van der Waals surface area contributed by atoms with E-state index in [2.05, 4.69) is 5.32 Å². The molecule has 0 radical (unpaired) electrons. The molecule has 0 unspecified atom stereocenters. The summed E-state index contributed by atoms with van der Waals surface area (Å²) in [6.07, 6.45) is 1.74. The van der Waals surface area contributed by atoms with Crippen LogP contribution in [0.5, 0.6) is 0 Å². The standard InChI is InChI=1S/C19H28N2O2/c1-14(15-9-6-5-7-10-15)20-17(22)16-11-8-12-21(13-16)18(23)19(2,3)4/h5-7,9-10,14,16H,8,11-13H2,1-4H3,(H,20,22)/t14-,16+/m1/s1. The van der Waals surface area contributed by atoms with Crippen molar-refractivity contribution < 1.29 is 9.59 Å². The second-order valence-electron chi connectivity index (χ2n) is 7.48. The van der Waals surface area contributed by atoms with E-state index in [0.29, 0.717) is 6.54 Å². The van der Waals surface area contributed by atoms with Gasteiger partial charge in [0.25, 0.3) is 0 Å². The zero-order valence-corrected chi connectivity index (χ0v) is 14.6. The third-order valence-corrected chi connectivity index (χ3v) is 4.38. The third kappa shape index (κ3) is 4.57. The van der Waals surface area contributed by atoms with Crippen LogP contribution in [0.15, 0.2) is 30.3 Å². The van der Waals surface area contributed by atoms with Crippen LogP contribution in [-0.4, -0.2) is 29.8 Å². The quantitative estimate of drug-likeness (QED) is 0.931. The van der Waals surface area contributed by atoms with Crippen molar-refractivity contribution in [2.24, 2.45) is 11.3 Å². The van der Waals surface area contributed by atoms with Crippen molar-refractivity contribution in [2.45, 2.75) is 46.6 Å². The minimum atomic E-state index is -0.393. The van der Waals surface area contributed by atoms with E-state index in [9.17, 15) is 9.59 Å². The number of carbonyl (C=O) groups is 2. The maximum atomic E-state index is 12.6. The molecule has 4 heteroatoms. The molecular formula is C19H28N2O2. The molecule has 0 bridgehead atoms. The summed E-state index contributed by atoms with van der Waals surface area (Å²) in [7, 11) is 0. The van der Waals surface area contributed by atoms with Crippen LogP contribution < -0.4 is 5.32 Å². The topological polar surface area (TPSA) is 49.4 Å². The summed E-state index contributed by atoms with van der Waals surface area (Å²) in [5.74, 6) is 0.0695. The Labute approximate surface area is 139 Å². The van der Waals surface area contributed by atoms with Gasteiger partial charge in [-0.1, -0.05) is 51.1 Å². The van der Waals surface area contributed by atoms with Crippen LogP contribution in [0.4, 0.5) is 0 Å². The number of rotatable bonds is 3. The molecule has 1 aromatic carbocycles. The van der Waals surface area contributed by atoms with Gasteiger partial charge in [-0.3, -0.25) is 9.59 Å². The summed E-state index contributed by atoms with van der Waals surface area (Å²) >= 11 is 0. The van der Waals surface area contributed by atoms with Crippen molar-refractivity contribution in [1.82, 2.24) is 10.2 Å². The average Bonchev–Trinajstić information content (AvgIpc) is 2.54. The lowest BCUT2D eigenvalue weighted by Crippen LogP contribution is -2.48. The third-order valence-electron chi connectivity index (χ3n) is 4.38. The van der Waals surface area contributed by atoms with Crippen molar-refractivity contribution in [3.05, 3.63) is 35.9 Å². The summed E-state index contributed by atoms with van der Waals surface area (Å²) in [5, 5.41) is 3.09. The highest BCUT2D eigenvalue weighted by atomic mass is 16.2. The van der Waals surface area contributed by atoms with E-state index in [-0.39, 0.29) is 23.8 Å². The highest BCUT2D eigenvalue weighted by molar-refractivity contribution is 5.84. The first-order chi connectivity index (χ1) is 10.8. The van der Waals surface area contributed by atoms with Crippen LogP contribution in [0.25, 0.3) is 0 Å². The Balaban J connectivity index is 1.96. The lowest BCUT2D eigenvalue weighted by atomic mass is 9.90. The fraction of sp³-hybridized carbons (Fsp3) is 0.579. The van der Waals surface area contributed by atoms with Crippen LogP contribution in [0, 0.1) is 11.3 Å². The normalized spacial score (nSPS) is 20.0. The van der Waals surface area contributed by atoms with Gasteiger partial charge in [-0.2, -0.15) is 0 Å². The smallest absolute Gasteiger partial charge is 0.227 e. The number of benzene rings is 1. The number of nitrogens with one attached hydrogen (secondary N) is 1. The predicted molar refractivity (Wildman–Crippen MR) is 91.8 cm³/mol. The Morgan fingerprint density at radius 1 is 1.22 bits per heavy atom. The number of nitrogens with zero attached hydrogens (tertiary/aromatic N) is 1. The number of likely N-dealkylation sites (tertiary alicyclic amines) is 1. The molecule has 1 aliphatic rings. The highest BCUT2D eigenvalue weighted by Gasteiger charge is 2.33. The van der Waals surface area contributed by atoms with Crippen molar-refractivity contribution in [3.63, 3.8) is 0 Å². The molecule has 2 amide bonds. The molecule has 126 valence electrons. The van der Waals surface area contributed by atoms with Crippen LogP contribution in [0.2, 0.25) is 0 Å². The molecule has 0 saturated carbocycles. The number of piperidine rings is 1. The lowest BCUT2D eigenvalue weighted by molar-refractivity contribution is -0.142. The zero-order valence-electron chi connectivity index (χ0n) is 14.6. The van der Waals surface area contributed by atoms with Gasteiger partial charge >= 0.3 is 0 Å². The SMILES string of the molecule is C[C@@H](NC(=O)[C@H]1CCCN(C(=O)C(C)(C)C)C1)c1ccccc1. The Morgan fingerprint density at radius 2 is 1.87 bits per heavy atom. The molecule has 2 atom stereocenters. The average molecular weight is 316 g/mol. The largest absolute Gasteiger partial charge is 0.349 e. The van der Waals surface area contributed by atoms with Gasteiger partial charge in [0.15, 0.2) is 0 Å². The molecule has 1 aromatic rings. The van der Waals surface area contributed by atoms with E-state index in [1.165, 1.54) is 0 Å². The summed E-state index contributed by atoms with van der Waals surface area (Å²) in [4.78, 5) is 26.8. The van der Waals surface area contributed by atoms with Crippen molar-refractivity contribution >= 4 is 11.8 Å². The summed E-state index contributed by atoms with van der Waals surface area (Å²) < 4.78 is 0. The maximum absolute atomic E-state index is 12.6. The van der Waals surface area contributed by atoms with E-state index in [0.717, 1.165) is 24.9 Å². The van der Waals surface area contributed by atoms with Gasteiger partial charge in [-0.15, -0.1) is 0 Å². The second-order valence-corrected chi connectivity index (χ2v) is 7.48. The number of carbonyl (C=O) groups excluding carboxylic acids is 2.